The van der Waals surface area contributed by atoms with E-state index in [-0.39, 0.29) is 17.6 Å². The molecule has 1 aromatic carbocycles. The van der Waals surface area contributed by atoms with Crippen molar-refractivity contribution in [3.05, 3.63) is 69.2 Å². The van der Waals surface area contributed by atoms with Crippen LogP contribution in [0.25, 0.3) is 5.82 Å². The van der Waals surface area contributed by atoms with Crippen LogP contribution in [0.2, 0.25) is 5.02 Å². The van der Waals surface area contributed by atoms with Crippen LogP contribution in [0.15, 0.2) is 47.3 Å². The minimum absolute atomic E-state index is 0.0706. The summed E-state index contributed by atoms with van der Waals surface area (Å²) in [6, 6.07) is 12.0. The third-order valence-corrected chi connectivity index (χ3v) is 5.58. The summed E-state index contributed by atoms with van der Waals surface area (Å²) < 4.78 is 3.26. The predicted octanol–water partition coefficient (Wildman–Crippen LogP) is 3.57. The summed E-state index contributed by atoms with van der Waals surface area (Å²) in [6.07, 6.45) is 1.28. The number of likely N-dealkylation sites (tertiary alicyclic amines) is 1. The van der Waals surface area contributed by atoms with Crippen molar-refractivity contribution < 1.29 is 4.79 Å². The van der Waals surface area contributed by atoms with Gasteiger partial charge < -0.3 is 10.2 Å². The smallest absolute Gasteiger partial charge is 0.321 e. The number of carbonyl (C=O) groups is 1. The first kappa shape index (κ1) is 20.2. The number of hydrogen-bond donors (Lipinski definition) is 1. The second-order valence-corrected chi connectivity index (χ2v) is 7.85. The van der Waals surface area contributed by atoms with Gasteiger partial charge >= 0.3 is 6.03 Å². The lowest BCUT2D eigenvalue weighted by molar-refractivity contribution is 0.178. The fourth-order valence-corrected chi connectivity index (χ4v) is 3.90. The Kier molecular flexibility index (Phi) is 5.59. The molecule has 2 aromatic heterocycles. The van der Waals surface area contributed by atoms with Gasteiger partial charge in [0.05, 0.1) is 22.4 Å². The number of piperidine rings is 1. The zero-order valence-corrected chi connectivity index (χ0v) is 17.6. The molecule has 1 fully saturated rings. The van der Waals surface area contributed by atoms with Gasteiger partial charge in [-0.05, 0) is 51.0 Å². The zero-order chi connectivity index (χ0) is 21.3. The van der Waals surface area contributed by atoms with E-state index in [1.54, 1.807) is 27.8 Å². The standard InChI is InChI=1S/C21H23ClN6O2/c1-14-13-15(2)27(24-14)19-7-8-20(29)28(25-19)16-9-11-26(12-10-16)21(30)23-18-6-4-3-5-17(18)22/h3-8,13,16H,9-12H2,1-2H3,(H,23,30). The molecule has 0 atom stereocenters. The van der Waals surface area contributed by atoms with E-state index in [9.17, 15) is 9.59 Å². The maximum Gasteiger partial charge on any atom is 0.321 e. The van der Waals surface area contributed by atoms with Crippen LogP contribution < -0.4 is 10.9 Å². The molecule has 1 saturated heterocycles. The van der Waals surface area contributed by atoms with Gasteiger partial charge in [-0.15, -0.1) is 5.10 Å². The molecule has 0 saturated carbocycles. The number of benzene rings is 1. The zero-order valence-electron chi connectivity index (χ0n) is 16.9. The van der Waals surface area contributed by atoms with Crippen LogP contribution in [0.5, 0.6) is 0 Å². The third kappa shape index (κ3) is 4.09. The van der Waals surface area contributed by atoms with Crippen LogP contribution in [0, 0.1) is 13.8 Å². The molecule has 4 rings (SSSR count). The Labute approximate surface area is 179 Å². The van der Waals surface area contributed by atoms with Crippen LogP contribution >= 0.6 is 11.6 Å². The number of anilines is 1. The quantitative estimate of drug-likeness (QED) is 0.693. The number of hydrogen-bond acceptors (Lipinski definition) is 4. The van der Waals surface area contributed by atoms with Crippen LogP contribution in [-0.2, 0) is 0 Å². The van der Waals surface area contributed by atoms with E-state index in [0.717, 1.165) is 11.4 Å². The molecule has 0 bridgehead atoms. The highest BCUT2D eigenvalue weighted by atomic mass is 35.5. The van der Waals surface area contributed by atoms with E-state index in [1.807, 2.05) is 32.0 Å². The first-order valence-electron chi connectivity index (χ1n) is 9.86. The molecule has 1 aliphatic rings. The normalized spacial score (nSPS) is 14.7. The third-order valence-electron chi connectivity index (χ3n) is 5.25. The van der Waals surface area contributed by atoms with Gasteiger partial charge in [0.2, 0.25) is 0 Å². The molecule has 2 amide bonds. The molecular formula is C21H23ClN6O2. The summed E-state index contributed by atoms with van der Waals surface area (Å²) in [7, 11) is 0. The number of para-hydroxylation sites is 1. The first-order chi connectivity index (χ1) is 14.4. The van der Waals surface area contributed by atoms with Gasteiger partial charge in [0.25, 0.3) is 5.56 Å². The van der Waals surface area contributed by atoms with Gasteiger partial charge in [0, 0.05) is 24.8 Å². The molecule has 0 spiro atoms. The monoisotopic (exact) mass is 426 g/mol. The van der Waals surface area contributed by atoms with Crippen molar-refractivity contribution in [2.45, 2.75) is 32.7 Å². The molecule has 9 heteroatoms. The van der Waals surface area contributed by atoms with Crippen molar-refractivity contribution >= 4 is 23.3 Å². The molecule has 3 aromatic rings. The second kappa shape index (κ2) is 8.31. The van der Waals surface area contributed by atoms with Gasteiger partial charge in [0.15, 0.2) is 5.82 Å². The Morgan fingerprint density at radius 1 is 1.10 bits per heavy atom. The van der Waals surface area contributed by atoms with E-state index < -0.39 is 0 Å². The Morgan fingerprint density at radius 2 is 1.83 bits per heavy atom. The van der Waals surface area contributed by atoms with Crippen molar-refractivity contribution in [1.82, 2.24) is 24.5 Å². The highest BCUT2D eigenvalue weighted by Gasteiger charge is 2.26. The molecule has 30 heavy (non-hydrogen) atoms. The molecule has 156 valence electrons. The highest BCUT2D eigenvalue weighted by Crippen LogP contribution is 2.24. The summed E-state index contributed by atoms with van der Waals surface area (Å²) in [5, 5.41) is 12.3. The van der Waals surface area contributed by atoms with Crippen molar-refractivity contribution in [3.8, 4) is 5.82 Å². The maximum atomic E-state index is 12.6. The number of nitrogens with one attached hydrogen (secondary N) is 1. The van der Waals surface area contributed by atoms with E-state index in [0.29, 0.717) is 42.5 Å². The molecule has 1 N–H and O–H groups in total. The molecule has 0 unspecified atom stereocenters. The van der Waals surface area contributed by atoms with Crippen LogP contribution in [0.4, 0.5) is 10.5 Å². The number of aryl methyl sites for hydroxylation is 2. The van der Waals surface area contributed by atoms with Crippen molar-refractivity contribution in [2.75, 3.05) is 18.4 Å². The lowest BCUT2D eigenvalue weighted by Gasteiger charge is -2.32. The summed E-state index contributed by atoms with van der Waals surface area (Å²) in [5.41, 5.74) is 2.28. The minimum Gasteiger partial charge on any atom is -0.324 e. The van der Waals surface area contributed by atoms with Crippen molar-refractivity contribution in [3.63, 3.8) is 0 Å². The Morgan fingerprint density at radius 3 is 2.50 bits per heavy atom. The van der Waals surface area contributed by atoms with E-state index >= 15 is 0 Å². The van der Waals surface area contributed by atoms with Gasteiger partial charge in [-0.1, -0.05) is 23.7 Å². The Hall–Kier alpha value is -3.13. The van der Waals surface area contributed by atoms with Crippen LogP contribution in [-0.4, -0.2) is 43.6 Å². The van der Waals surface area contributed by atoms with E-state index in [1.165, 1.54) is 10.7 Å². The summed E-state index contributed by atoms with van der Waals surface area (Å²) >= 11 is 6.12. The van der Waals surface area contributed by atoms with E-state index in [4.69, 9.17) is 11.6 Å². The molecule has 3 heterocycles. The van der Waals surface area contributed by atoms with Crippen LogP contribution in [0.1, 0.15) is 30.3 Å². The first-order valence-corrected chi connectivity index (χ1v) is 10.2. The molecule has 0 aliphatic carbocycles. The fourth-order valence-electron chi connectivity index (χ4n) is 3.72. The topological polar surface area (TPSA) is 85.0 Å². The average Bonchev–Trinajstić information content (AvgIpc) is 3.08. The lowest BCUT2D eigenvalue weighted by atomic mass is 10.1. The number of urea groups is 1. The Balaban J connectivity index is 1.46. The lowest BCUT2D eigenvalue weighted by Crippen LogP contribution is -2.43. The van der Waals surface area contributed by atoms with Gasteiger partial charge in [0.1, 0.15) is 0 Å². The number of carbonyl (C=O) groups excluding carboxylic acids is 1. The summed E-state index contributed by atoms with van der Waals surface area (Å²) in [5.74, 6) is 0.610. The number of nitrogens with zero attached hydrogens (tertiary/aromatic N) is 5. The molecule has 8 nitrogen and oxygen atoms in total. The van der Waals surface area contributed by atoms with Gasteiger partial charge in [-0.25, -0.2) is 14.2 Å². The minimum atomic E-state index is -0.196. The highest BCUT2D eigenvalue weighted by molar-refractivity contribution is 6.33. The molecular weight excluding hydrogens is 404 g/mol. The number of rotatable bonds is 3. The van der Waals surface area contributed by atoms with Crippen LogP contribution in [0.3, 0.4) is 0 Å². The number of amides is 2. The number of aromatic nitrogens is 4. The summed E-state index contributed by atoms with van der Waals surface area (Å²) in [4.78, 5) is 26.8. The second-order valence-electron chi connectivity index (χ2n) is 7.44. The largest absolute Gasteiger partial charge is 0.324 e. The average molecular weight is 427 g/mol. The van der Waals surface area contributed by atoms with Gasteiger partial charge in [-0.3, -0.25) is 4.79 Å². The van der Waals surface area contributed by atoms with E-state index in [2.05, 4.69) is 15.5 Å². The molecule has 0 radical (unpaired) electrons. The van der Waals surface area contributed by atoms with Crippen molar-refractivity contribution in [2.24, 2.45) is 0 Å². The van der Waals surface area contributed by atoms with Gasteiger partial charge in [-0.2, -0.15) is 5.10 Å². The fraction of sp³-hybridized carbons (Fsp3) is 0.333. The maximum absolute atomic E-state index is 12.6. The number of halogens is 1. The van der Waals surface area contributed by atoms with Crippen molar-refractivity contribution in [1.29, 1.82) is 0 Å². The SMILES string of the molecule is Cc1cc(C)n(-c2ccc(=O)n(C3CCN(C(=O)Nc4ccccc4Cl)CC3)n2)n1. The summed E-state index contributed by atoms with van der Waals surface area (Å²) in [6.45, 7) is 4.93. The molecule has 1 aliphatic heterocycles. The predicted molar refractivity (Wildman–Crippen MR) is 115 cm³/mol. The Bertz CT molecular complexity index is 1130.